The largest absolute Gasteiger partial charge is 0.450 e. The van der Waals surface area contributed by atoms with Crippen molar-refractivity contribution < 1.29 is 27.9 Å². The molecule has 28 heavy (non-hydrogen) atoms. The molecule has 1 aromatic rings. The van der Waals surface area contributed by atoms with Gasteiger partial charge in [-0.2, -0.15) is 0 Å². The number of hydrogen-bond donors (Lipinski definition) is 1. The highest BCUT2D eigenvalue weighted by Crippen LogP contribution is 2.17. The number of hydrogen-bond acceptors (Lipinski definition) is 4. The number of rotatable bonds is 6. The van der Waals surface area contributed by atoms with Crippen molar-refractivity contribution in [2.45, 2.75) is 32.7 Å². The van der Waals surface area contributed by atoms with Crippen molar-refractivity contribution in [3.8, 4) is 0 Å². The first kappa shape index (κ1) is 21.6. The Bertz CT molecular complexity index is 721. The van der Waals surface area contributed by atoms with Gasteiger partial charge in [0.1, 0.15) is 0 Å². The number of nitrogens with zero attached hydrogens (tertiary/aromatic N) is 2. The fraction of sp³-hybridized carbons (Fsp3) is 0.526. The predicted molar refractivity (Wildman–Crippen MR) is 97.7 cm³/mol. The summed E-state index contributed by atoms with van der Waals surface area (Å²) in [5, 5.41) is 2.61. The van der Waals surface area contributed by atoms with Gasteiger partial charge in [0.15, 0.2) is 11.6 Å². The van der Waals surface area contributed by atoms with E-state index in [1.807, 2.05) is 0 Å². The minimum Gasteiger partial charge on any atom is -0.450 e. The van der Waals surface area contributed by atoms with Gasteiger partial charge in [0.2, 0.25) is 5.91 Å². The van der Waals surface area contributed by atoms with Crippen LogP contribution in [0.25, 0.3) is 0 Å². The fourth-order valence-corrected chi connectivity index (χ4v) is 3.20. The van der Waals surface area contributed by atoms with Crippen LogP contribution in [0.15, 0.2) is 18.2 Å². The summed E-state index contributed by atoms with van der Waals surface area (Å²) in [5.74, 6) is -2.78. The van der Waals surface area contributed by atoms with Crippen molar-refractivity contribution >= 4 is 17.9 Å². The number of halogens is 2. The Morgan fingerprint density at radius 3 is 2.46 bits per heavy atom. The summed E-state index contributed by atoms with van der Waals surface area (Å²) in [7, 11) is 0. The summed E-state index contributed by atoms with van der Waals surface area (Å²) in [6.45, 7) is 4.97. The normalized spacial score (nSPS) is 14.5. The maximum atomic E-state index is 13.2. The van der Waals surface area contributed by atoms with Gasteiger partial charge < -0.3 is 19.9 Å². The maximum absolute atomic E-state index is 13.2. The average Bonchev–Trinajstić information content (AvgIpc) is 2.67. The number of amides is 3. The molecule has 0 radical (unpaired) electrons. The van der Waals surface area contributed by atoms with Gasteiger partial charge >= 0.3 is 6.09 Å². The van der Waals surface area contributed by atoms with Crippen molar-refractivity contribution in [1.29, 1.82) is 0 Å². The fourth-order valence-electron chi connectivity index (χ4n) is 3.20. The Morgan fingerprint density at radius 2 is 1.89 bits per heavy atom. The summed E-state index contributed by atoms with van der Waals surface area (Å²) >= 11 is 0. The van der Waals surface area contributed by atoms with E-state index < -0.39 is 17.5 Å². The zero-order chi connectivity index (χ0) is 20.7. The summed E-state index contributed by atoms with van der Waals surface area (Å²) in [5.41, 5.74) is 0.0102. The second-order valence-electron chi connectivity index (χ2n) is 6.51. The second kappa shape index (κ2) is 10.0. The third-order valence-electron chi connectivity index (χ3n) is 4.66. The monoisotopic (exact) mass is 397 g/mol. The zero-order valence-electron chi connectivity index (χ0n) is 16.0. The maximum Gasteiger partial charge on any atom is 0.409 e. The van der Waals surface area contributed by atoms with Crippen LogP contribution in [0.2, 0.25) is 0 Å². The molecule has 0 aliphatic carbocycles. The van der Waals surface area contributed by atoms with Crippen LogP contribution in [0.4, 0.5) is 13.6 Å². The van der Waals surface area contributed by atoms with E-state index in [0.717, 1.165) is 12.1 Å². The van der Waals surface area contributed by atoms with Gasteiger partial charge in [0.05, 0.1) is 6.61 Å². The van der Waals surface area contributed by atoms with Crippen molar-refractivity contribution in [3.05, 3.63) is 35.4 Å². The Balaban J connectivity index is 1.85. The van der Waals surface area contributed by atoms with Crippen LogP contribution in [-0.4, -0.2) is 66.5 Å². The molecule has 0 bridgehead atoms. The third kappa shape index (κ3) is 5.64. The number of benzene rings is 1. The van der Waals surface area contributed by atoms with Gasteiger partial charge in [0.25, 0.3) is 5.91 Å². The first-order valence-electron chi connectivity index (χ1n) is 9.25. The van der Waals surface area contributed by atoms with Gasteiger partial charge in [-0.25, -0.2) is 13.6 Å². The topological polar surface area (TPSA) is 79.0 Å². The summed E-state index contributed by atoms with van der Waals surface area (Å²) in [6.07, 6.45) is 0.888. The van der Waals surface area contributed by atoms with Crippen molar-refractivity contribution in [3.63, 3.8) is 0 Å². The van der Waals surface area contributed by atoms with Crippen molar-refractivity contribution in [1.82, 2.24) is 15.1 Å². The standard InChI is InChI=1S/C19H25F2N3O4/c1-3-28-19(27)23-9-6-15(7-10-23)24(13(2)25)11-8-22-18(26)14-4-5-16(20)17(21)12-14/h4-5,12,15H,3,6-11H2,1-2H3,(H,22,26). The smallest absolute Gasteiger partial charge is 0.409 e. The molecule has 154 valence electrons. The van der Waals surface area contributed by atoms with E-state index in [9.17, 15) is 23.2 Å². The molecule has 0 unspecified atom stereocenters. The molecule has 7 nitrogen and oxygen atoms in total. The number of piperidine rings is 1. The van der Waals surface area contributed by atoms with Crippen LogP contribution < -0.4 is 5.32 Å². The van der Waals surface area contributed by atoms with E-state index in [1.165, 1.54) is 13.0 Å². The Morgan fingerprint density at radius 1 is 1.21 bits per heavy atom. The molecule has 1 N–H and O–H groups in total. The van der Waals surface area contributed by atoms with E-state index in [0.29, 0.717) is 32.5 Å². The van der Waals surface area contributed by atoms with Crippen LogP contribution in [0.1, 0.15) is 37.0 Å². The molecule has 2 rings (SSSR count). The van der Waals surface area contributed by atoms with Crippen LogP contribution in [0.3, 0.4) is 0 Å². The molecule has 0 saturated carbocycles. The minimum absolute atomic E-state index is 0.0102. The van der Waals surface area contributed by atoms with E-state index in [4.69, 9.17) is 4.74 Å². The highest BCUT2D eigenvalue weighted by molar-refractivity contribution is 5.94. The van der Waals surface area contributed by atoms with E-state index in [1.54, 1.807) is 16.7 Å². The number of likely N-dealkylation sites (tertiary alicyclic amines) is 1. The van der Waals surface area contributed by atoms with Crippen LogP contribution >= 0.6 is 0 Å². The lowest BCUT2D eigenvalue weighted by molar-refractivity contribution is -0.131. The molecule has 0 aromatic heterocycles. The Kier molecular flexibility index (Phi) is 7.71. The lowest BCUT2D eigenvalue weighted by Gasteiger charge is -2.37. The average molecular weight is 397 g/mol. The molecule has 1 aliphatic heterocycles. The second-order valence-corrected chi connectivity index (χ2v) is 6.51. The number of nitrogens with one attached hydrogen (secondary N) is 1. The molecule has 1 fully saturated rings. The van der Waals surface area contributed by atoms with Crippen molar-refractivity contribution in [2.75, 3.05) is 32.8 Å². The molecule has 0 spiro atoms. The molecular formula is C19H25F2N3O4. The quantitative estimate of drug-likeness (QED) is 0.798. The van der Waals surface area contributed by atoms with Gasteiger partial charge in [0, 0.05) is 44.7 Å². The first-order valence-corrected chi connectivity index (χ1v) is 9.25. The van der Waals surface area contributed by atoms with E-state index in [2.05, 4.69) is 5.32 Å². The van der Waals surface area contributed by atoms with Crippen molar-refractivity contribution in [2.24, 2.45) is 0 Å². The summed E-state index contributed by atoms with van der Waals surface area (Å²) in [6, 6.07) is 2.88. The van der Waals surface area contributed by atoms with Gasteiger partial charge in [-0.05, 0) is 38.0 Å². The molecule has 0 atom stereocenters. The highest BCUT2D eigenvalue weighted by Gasteiger charge is 2.28. The van der Waals surface area contributed by atoms with E-state index in [-0.39, 0.29) is 36.7 Å². The van der Waals surface area contributed by atoms with Crippen LogP contribution in [-0.2, 0) is 9.53 Å². The third-order valence-corrected chi connectivity index (χ3v) is 4.66. The molecule has 1 aromatic carbocycles. The van der Waals surface area contributed by atoms with Crippen LogP contribution in [0, 0.1) is 11.6 Å². The molecule has 1 aliphatic rings. The van der Waals surface area contributed by atoms with Gasteiger partial charge in [-0.1, -0.05) is 0 Å². The minimum atomic E-state index is -1.09. The lowest BCUT2D eigenvalue weighted by atomic mass is 10.0. The molecule has 3 amide bonds. The highest BCUT2D eigenvalue weighted by atomic mass is 19.2. The molecule has 9 heteroatoms. The molecular weight excluding hydrogens is 372 g/mol. The summed E-state index contributed by atoms with van der Waals surface area (Å²) < 4.78 is 31.2. The number of carbonyl (C=O) groups excluding carboxylic acids is 3. The Labute approximate surface area is 162 Å². The molecule has 1 saturated heterocycles. The Hall–Kier alpha value is -2.71. The number of carbonyl (C=O) groups is 3. The first-order chi connectivity index (χ1) is 13.3. The van der Waals surface area contributed by atoms with Gasteiger partial charge in [-0.15, -0.1) is 0 Å². The number of ether oxygens (including phenoxy) is 1. The zero-order valence-corrected chi connectivity index (χ0v) is 16.0. The SMILES string of the molecule is CCOC(=O)N1CCC(N(CCNC(=O)c2ccc(F)c(F)c2)C(C)=O)CC1. The van der Waals surface area contributed by atoms with Crippen LogP contribution in [0.5, 0.6) is 0 Å². The van der Waals surface area contributed by atoms with E-state index >= 15 is 0 Å². The predicted octanol–water partition coefficient (Wildman–Crippen LogP) is 2.16. The van der Waals surface area contributed by atoms with Gasteiger partial charge in [-0.3, -0.25) is 9.59 Å². The molecule has 1 heterocycles. The summed E-state index contributed by atoms with van der Waals surface area (Å²) in [4.78, 5) is 39.1. The lowest BCUT2D eigenvalue weighted by Crippen LogP contribution is -2.50.